The van der Waals surface area contributed by atoms with Crippen LogP contribution in [-0.4, -0.2) is 29.0 Å². The highest BCUT2D eigenvalue weighted by Gasteiger charge is 2.08. The average Bonchev–Trinajstić information content (AvgIpc) is 2.36. The first-order valence-electron chi connectivity index (χ1n) is 6.47. The van der Waals surface area contributed by atoms with Gasteiger partial charge in [0.1, 0.15) is 17.8 Å². The molecule has 0 aliphatic heterocycles. The van der Waals surface area contributed by atoms with Gasteiger partial charge >= 0.3 is 0 Å². The molecule has 1 heterocycles. The fourth-order valence-electron chi connectivity index (χ4n) is 1.36. The minimum Gasteiger partial charge on any atom is -0.370 e. The quantitative estimate of drug-likeness (QED) is 0.727. The second kappa shape index (κ2) is 7.63. The molecule has 0 aliphatic carbocycles. The molecule has 1 amide bonds. The van der Waals surface area contributed by atoms with Crippen LogP contribution < -0.4 is 10.6 Å². The molecule has 0 fully saturated rings. The Morgan fingerprint density at radius 2 is 2.17 bits per heavy atom. The molecule has 0 bridgehead atoms. The minimum absolute atomic E-state index is 0.148. The van der Waals surface area contributed by atoms with E-state index in [-0.39, 0.29) is 5.91 Å². The van der Waals surface area contributed by atoms with Gasteiger partial charge in [-0.25, -0.2) is 9.97 Å². The molecular weight excluding hydrogens is 228 g/mol. The van der Waals surface area contributed by atoms with E-state index in [0.29, 0.717) is 24.0 Å². The lowest BCUT2D eigenvalue weighted by Crippen LogP contribution is -2.28. The Bertz CT molecular complexity index is 379. The van der Waals surface area contributed by atoms with Crippen LogP contribution in [0.5, 0.6) is 0 Å². The molecule has 0 saturated carbocycles. The summed E-state index contributed by atoms with van der Waals surface area (Å²) in [6.07, 6.45) is 3.62. The van der Waals surface area contributed by atoms with Crippen molar-refractivity contribution in [3.63, 3.8) is 0 Å². The molecule has 0 aliphatic rings. The van der Waals surface area contributed by atoms with Crippen LogP contribution in [0.15, 0.2) is 12.4 Å². The molecule has 0 unspecified atom stereocenters. The zero-order valence-corrected chi connectivity index (χ0v) is 11.4. The lowest BCUT2D eigenvalue weighted by atomic mass is 10.2. The molecular formula is C13H22N4O. The van der Waals surface area contributed by atoms with Gasteiger partial charge in [0.25, 0.3) is 5.91 Å². The Labute approximate surface area is 108 Å². The standard InChI is InChI=1S/C13H22N4O/c1-4-5-6-14-12-7-11(16-9-17-12)13(18)15-8-10(2)3/h7,9-10H,4-6,8H2,1-3H3,(H,15,18)(H,14,16,17). The summed E-state index contributed by atoms with van der Waals surface area (Å²) in [6.45, 7) is 7.75. The third-order valence-electron chi connectivity index (χ3n) is 2.41. The summed E-state index contributed by atoms with van der Waals surface area (Å²) >= 11 is 0. The van der Waals surface area contributed by atoms with Gasteiger partial charge in [-0.2, -0.15) is 0 Å². The second-order valence-corrected chi connectivity index (χ2v) is 4.67. The fourth-order valence-corrected chi connectivity index (χ4v) is 1.36. The maximum atomic E-state index is 11.8. The number of nitrogens with zero attached hydrogens (tertiary/aromatic N) is 2. The predicted molar refractivity (Wildman–Crippen MR) is 72.6 cm³/mol. The maximum absolute atomic E-state index is 11.8. The van der Waals surface area contributed by atoms with Gasteiger partial charge in [-0.1, -0.05) is 27.2 Å². The van der Waals surface area contributed by atoms with Crippen molar-refractivity contribution in [3.05, 3.63) is 18.1 Å². The van der Waals surface area contributed by atoms with Crippen LogP contribution in [0.3, 0.4) is 0 Å². The van der Waals surface area contributed by atoms with Crippen molar-refractivity contribution in [3.8, 4) is 0 Å². The van der Waals surface area contributed by atoms with Crippen LogP contribution in [0.2, 0.25) is 0 Å². The van der Waals surface area contributed by atoms with Crippen molar-refractivity contribution in [1.29, 1.82) is 0 Å². The maximum Gasteiger partial charge on any atom is 0.270 e. The number of hydrogen-bond donors (Lipinski definition) is 2. The van der Waals surface area contributed by atoms with E-state index in [1.54, 1.807) is 6.07 Å². The van der Waals surface area contributed by atoms with Crippen LogP contribution in [0.4, 0.5) is 5.82 Å². The Morgan fingerprint density at radius 3 is 2.83 bits per heavy atom. The van der Waals surface area contributed by atoms with E-state index in [1.165, 1.54) is 6.33 Å². The first-order valence-corrected chi connectivity index (χ1v) is 6.47. The highest BCUT2D eigenvalue weighted by Crippen LogP contribution is 2.04. The number of unbranched alkanes of at least 4 members (excludes halogenated alkanes) is 1. The van der Waals surface area contributed by atoms with Crippen molar-refractivity contribution in [2.75, 3.05) is 18.4 Å². The zero-order valence-electron chi connectivity index (χ0n) is 11.4. The number of nitrogens with one attached hydrogen (secondary N) is 2. The lowest BCUT2D eigenvalue weighted by molar-refractivity contribution is 0.0944. The molecule has 0 atom stereocenters. The zero-order chi connectivity index (χ0) is 13.4. The number of aromatic nitrogens is 2. The van der Waals surface area contributed by atoms with Gasteiger partial charge < -0.3 is 10.6 Å². The molecule has 1 rings (SSSR count). The number of amides is 1. The average molecular weight is 250 g/mol. The number of rotatable bonds is 7. The lowest BCUT2D eigenvalue weighted by Gasteiger charge is -2.08. The largest absolute Gasteiger partial charge is 0.370 e. The first-order chi connectivity index (χ1) is 8.63. The molecule has 1 aromatic heterocycles. The summed E-state index contributed by atoms with van der Waals surface area (Å²) in [4.78, 5) is 19.9. The molecule has 0 spiro atoms. The van der Waals surface area contributed by atoms with E-state index < -0.39 is 0 Å². The molecule has 18 heavy (non-hydrogen) atoms. The molecule has 0 aromatic carbocycles. The van der Waals surface area contributed by atoms with Crippen molar-refractivity contribution < 1.29 is 4.79 Å². The van der Waals surface area contributed by atoms with Crippen molar-refractivity contribution >= 4 is 11.7 Å². The summed E-state index contributed by atoms with van der Waals surface area (Å²) in [5.74, 6) is 0.982. The molecule has 1 aromatic rings. The van der Waals surface area contributed by atoms with Gasteiger partial charge in [0.2, 0.25) is 0 Å². The fraction of sp³-hybridized carbons (Fsp3) is 0.615. The molecule has 0 radical (unpaired) electrons. The van der Waals surface area contributed by atoms with E-state index in [0.717, 1.165) is 19.4 Å². The molecule has 2 N–H and O–H groups in total. The smallest absolute Gasteiger partial charge is 0.270 e. The SMILES string of the molecule is CCCCNc1cc(C(=O)NCC(C)C)ncn1. The van der Waals surface area contributed by atoms with Crippen LogP contribution in [-0.2, 0) is 0 Å². The second-order valence-electron chi connectivity index (χ2n) is 4.67. The van der Waals surface area contributed by atoms with E-state index >= 15 is 0 Å². The number of carbonyl (C=O) groups excluding carboxylic acids is 1. The van der Waals surface area contributed by atoms with Crippen molar-refractivity contribution in [1.82, 2.24) is 15.3 Å². The van der Waals surface area contributed by atoms with E-state index in [1.807, 2.05) is 0 Å². The topological polar surface area (TPSA) is 66.9 Å². The minimum atomic E-state index is -0.148. The number of carbonyl (C=O) groups is 1. The van der Waals surface area contributed by atoms with Crippen LogP contribution in [0.25, 0.3) is 0 Å². The van der Waals surface area contributed by atoms with Gasteiger partial charge in [-0.3, -0.25) is 4.79 Å². The molecule has 5 nitrogen and oxygen atoms in total. The van der Waals surface area contributed by atoms with Crippen molar-refractivity contribution in [2.45, 2.75) is 33.6 Å². The predicted octanol–water partition coefficient (Wildman–Crippen LogP) is 2.07. The van der Waals surface area contributed by atoms with Crippen LogP contribution in [0, 0.1) is 5.92 Å². The summed E-state index contributed by atoms with van der Waals surface area (Å²) in [6, 6.07) is 1.69. The summed E-state index contributed by atoms with van der Waals surface area (Å²) in [7, 11) is 0. The van der Waals surface area contributed by atoms with Crippen LogP contribution >= 0.6 is 0 Å². The van der Waals surface area contributed by atoms with Crippen LogP contribution in [0.1, 0.15) is 44.1 Å². The summed E-state index contributed by atoms with van der Waals surface area (Å²) < 4.78 is 0. The number of anilines is 1. The Kier molecular flexibility index (Phi) is 6.11. The Hall–Kier alpha value is -1.65. The van der Waals surface area contributed by atoms with Gasteiger partial charge in [0.05, 0.1) is 0 Å². The summed E-state index contributed by atoms with van der Waals surface area (Å²) in [5.41, 5.74) is 0.407. The number of hydrogen-bond acceptors (Lipinski definition) is 4. The molecule has 0 saturated heterocycles. The van der Waals surface area contributed by atoms with Gasteiger partial charge in [-0.05, 0) is 12.3 Å². The van der Waals surface area contributed by atoms with E-state index in [9.17, 15) is 4.79 Å². The third kappa shape index (κ3) is 5.12. The first kappa shape index (κ1) is 14.4. The highest BCUT2D eigenvalue weighted by atomic mass is 16.1. The molecule has 5 heteroatoms. The monoisotopic (exact) mass is 250 g/mol. The summed E-state index contributed by atoms with van der Waals surface area (Å²) in [5, 5.41) is 6.01. The normalized spacial score (nSPS) is 10.4. The van der Waals surface area contributed by atoms with Gasteiger partial charge in [-0.15, -0.1) is 0 Å². The third-order valence-corrected chi connectivity index (χ3v) is 2.41. The van der Waals surface area contributed by atoms with Gasteiger partial charge in [0, 0.05) is 19.2 Å². The van der Waals surface area contributed by atoms with E-state index in [2.05, 4.69) is 41.4 Å². The Morgan fingerprint density at radius 1 is 1.39 bits per heavy atom. The highest BCUT2D eigenvalue weighted by molar-refractivity contribution is 5.92. The Balaban J connectivity index is 2.55. The van der Waals surface area contributed by atoms with Crippen molar-refractivity contribution in [2.24, 2.45) is 5.92 Å². The van der Waals surface area contributed by atoms with Gasteiger partial charge in [0.15, 0.2) is 0 Å². The molecule has 100 valence electrons. The van der Waals surface area contributed by atoms with E-state index in [4.69, 9.17) is 0 Å².